The van der Waals surface area contributed by atoms with Crippen LogP contribution in [0.25, 0.3) is 11.4 Å². The van der Waals surface area contributed by atoms with E-state index in [1.54, 1.807) is 17.0 Å². The van der Waals surface area contributed by atoms with Gasteiger partial charge in [-0.1, -0.05) is 17.7 Å². The van der Waals surface area contributed by atoms with Crippen molar-refractivity contribution in [1.29, 1.82) is 0 Å². The predicted octanol–water partition coefficient (Wildman–Crippen LogP) is 5.46. The minimum absolute atomic E-state index is 0.0384. The van der Waals surface area contributed by atoms with Crippen molar-refractivity contribution in [1.82, 2.24) is 19.9 Å². The highest BCUT2D eigenvalue weighted by Gasteiger charge is 2.44. The summed E-state index contributed by atoms with van der Waals surface area (Å²) in [4.78, 5) is 27.5. The third-order valence-corrected chi connectivity index (χ3v) is 6.85. The van der Waals surface area contributed by atoms with Gasteiger partial charge in [0.2, 0.25) is 0 Å². The molecule has 2 aromatic heterocycles. The molecule has 35 heavy (non-hydrogen) atoms. The van der Waals surface area contributed by atoms with Crippen LogP contribution in [0.2, 0.25) is 5.02 Å². The zero-order valence-corrected chi connectivity index (χ0v) is 19.0. The van der Waals surface area contributed by atoms with Gasteiger partial charge in [-0.2, -0.15) is 13.2 Å². The zero-order chi connectivity index (χ0) is 24.7. The molecule has 6 nitrogen and oxygen atoms in total. The van der Waals surface area contributed by atoms with Gasteiger partial charge in [-0.15, -0.1) is 0 Å². The van der Waals surface area contributed by atoms with E-state index in [0.29, 0.717) is 19.4 Å². The number of fused-ring (bicyclic) bond motifs is 3. The monoisotopic (exact) mass is 505 g/mol. The number of piperidine rings is 2. The normalized spacial score (nSPS) is 21.7. The second kappa shape index (κ2) is 9.07. The van der Waals surface area contributed by atoms with Crippen LogP contribution in [0, 0.1) is 11.7 Å². The summed E-state index contributed by atoms with van der Waals surface area (Å²) in [6.45, 7) is 0.501. The van der Waals surface area contributed by atoms with Gasteiger partial charge in [-0.3, -0.25) is 4.79 Å². The Balaban J connectivity index is 1.42. The van der Waals surface area contributed by atoms with E-state index in [1.807, 2.05) is 0 Å². The van der Waals surface area contributed by atoms with Crippen molar-refractivity contribution >= 4 is 23.3 Å². The van der Waals surface area contributed by atoms with E-state index in [-0.39, 0.29) is 51.7 Å². The molecule has 1 amide bonds. The van der Waals surface area contributed by atoms with Gasteiger partial charge >= 0.3 is 6.18 Å². The van der Waals surface area contributed by atoms with Crippen LogP contribution in [-0.2, 0) is 6.18 Å². The summed E-state index contributed by atoms with van der Waals surface area (Å²) >= 11 is 6.10. The maximum Gasteiger partial charge on any atom is 0.417 e. The molecule has 4 heterocycles. The molecule has 0 radical (unpaired) electrons. The molecule has 3 fully saturated rings. The van der Waals surface area contributed by atoms with Crippen molar-refractivity contribution in [2.75, 3.05) is 11.9 Å². The number of amides is 1. The Kier molecular flexibility index (Phi) is 6.08. The summed E-state index contributed by atoms with van der Waals surface area (Å²) in [5, 5.41) is 3.00. The molecular formula is C24H20ClF4N5O. The van der Waals surface area contributed by atoms with Crippen molar-refractivity contribution in [3.05, 3.63) is 70.9 Å². The number of benzene rings is 1. The van der Waals surface area contributed by atoms with Gasteiger partial charge in [0.05, 0.1) is 27.8 Å². The van der Waals surface area contributed by atoms with Crippen LogP contribution in [0.15, 0.2) is 48.9 Å². The van der Waals surface area contributed by atoms with Crippen molar-refractivity contribution in [3.8, 4) is 11.4 Å². The van der Waals surface area contributed by atoms with E-state index in [1.165, 1.54) is 24.5 Å². The first-order chi connectivity index (χ1) is 16.7. The van der Waals surface area contributed by atoms with E-state index in [0.717, 1.165) is 18.7 Å². The number of hydrogen-bond acceptors (Lipinski definition) is 5. The SMILES string of the molecule is O=C(c1cccc(F)c1-c1ncccn1)N1CC2CCC1C(Nc1ncc(C(F)(F)F)cc1Cl)C2. The molecule has 1 aromatic carbocycles. The summed E-state index contributed by atoms with van der Waals surface area (Å²) in [6, 6.07) is 6.19. The maximum absolute atomic E-state index is 14.8. The lowest BCUT2D eigenvalue weighted by atomic mass is 9.76. The molecule has 1 aliphatic carbocycles. The molecule has 3 aliphatic rings. The van der Waals surface area contributed by atoms with Gasteiger partial charge in [0.25, 0.3) is 5.91 Å². The Hall–Kier alpha value is -3.27. The Morgan fingerprint density at radius 2 is 1.89 bits per heavy atom. The van der Waals surface area contributed by atoms with Gasteiger partial charge in [0.15, 0.2) is 5.82 Å². The standard InChI is InChI=1S/C24H20ClF4N5O/c25-16-10-14(24(27,28)29)11-32-21(16)33-18-9-13-5-6-19(18)34(12-13)23(35)15-3-1-4-17(26)20(15)22-30-7-2-8-31-22/h1-4,7-8,10-11,13,18-19H,5-6,9,12H2,(H,32,33). The largest absolute Gasteiger partial charge is 0.417 e. The third kappa shape index (κ3) is 4.54. The summed E-state index contributed by atoms with van der Waals surface area (Å²) in [7, 11) is 0. The predicted molar refractivity (Wildman–Crippen MR) is 121 cm³/mol. The van der Waals surface area contributed by atoms with Crippen LogP contribution >= 0.6 is 11.6 Å². The molecule has 0 spiro atoms. The average molecular weight is 506 g/mol. The summed E-state index contributed by atoms with van der Waals surface area (Å²) in [5.41, 5.74) is -0.735. The quantitative estimate of drug-likeness (QED) is 0.477. The van der Waals surface area contributed by atoms with Crippen LogP contribution in [-0.4, -0.2) is 44.4 Å². The highest BCUT2D eigenvalue weighted by molar-refractivity contribution is 6.33. The number of rotatable bonds is 4. The number of carbonyl (C=O) groups is 1. The highest BCUT2D eigenvalue weighted by Crippen LogP contribution is 2.39. The second-order valence-electron chi connectivity index (χ2n) is 8.74. The van der Waals surface area contributed by atoms with Crippen LogP contribution < -0.4 is 5.32 Å². The van der Waals surface area contributed by atoms with Gasteiger partial charge in [0, 0.05) is 31.2 Å². The van der Waals surface area contributed by atoms with E-state index >= 15 is 0 Å². The maximum atomic E-state index is 14.8. The Morgan fingerprint density at radius 1 is 1.11 bits per heavy atom. The summed E-state index contributed by atoms with van der Waals surface area (Å²) in [6.07, 6.45) is 1.46. The lowest BCUT2D eigenvalue weighted by Crippen LogP contribution is -2.59. The minimum Gasteiger partial charge on any atom is -0.364 e. The number of nitrogens with zero attached hydrogens (tertiary/aromatic N) is 4. The summed E-state index contributed by atoms with van der Waals surface area (Å²) < 4.78 is 53.7. The Morgan fingerprint density at radius 3 is 2.57 bits per heavy atom. The fraction of sp³-hybridized carbons (Fsp3) is 0.333. The fourth-order valence-electron chi connectivity index (χ4n) is 4.97. The molecule has 2 saturated heterocycles. The van der Waals surface area contributed by atoms with Crippen LogP contribution in [0.4, 0.5) is 23.4 Å². The number of nitrogens with one attached hydrogen (secondary N) is 1. The number of hydrogen-bond donors (Lipinski definition) is 1. The van der Waals surface area contributed by atoms with E-state index in [4.69, 9.17) is 11.6 Å². The number of pyridine rings is 1. The number of alkyl halides is 3. The molecule has 6 rings (SSSR count). The number of carbonyl (C=O) groups excluding carboxylic acids is 1. The minimum atomic E-state index is -4.55. The number of anilines is 1. The highest BCUT2D eigenvalue weighted by atomic mass is 35.5. The second-order valence-corrected chi connectivity index (χ2v) is 9.15. The molecule has 2 aliphatic heterocycles. The fourth-order valence-corrected chi connectivity index (χ4v) is 5.19. The van der Waals surface area contributed by atoms with E-state index < -0.39 is 17.6 Å². The molecule has 3 unspecified atom stereocenters. The van der Waals surface area contributed by atoms with E-state index in [2.05, 4.69) is 20.3 Å². The molecule has 1 saturated carbocycles. The van der Waals surface area contributed by atoms with Crippen molar-refractivity contribution < 1.29 is 22.4 Å². The topological polar surface area (TPSA) is 71.0 Å². The smallest absolute Gasteiger partial charge is 0.364 e. The van der Waals surface area contributed by atoms with Crippen molar-refractivity contribution in [2.45, 2.75) is 37.5 Å². The molecule has 3 aromatic rings. The van der Waals surface area contributed by atoms with Crippen molar-refractivity contribution in [2.24, 2.45) is 5.92 Å². The Bertz CT molecular complexity index is 1260. The first-order valence-corrected chi connectivity index (χ1v) is 11.5. The number of halogens is 5. The van der Waals surface area contributed by atoms with Crippen LogP contribution in [0.1, 0.15) is 35.2 Å². The molecular weight excluding hydrogens is 486 g/mol. The zero-order valence-electron chi connectivity index (χ0n) is 18.3. The van der Waals surface area contributed by atoms with Gasteiger partial charge in [-0.05, 0) is 49.4 Å². The summed E-state index contributed by atoms with van der Waals surface area (Å²) in [5.74, 6) is -0.515. The molecule has 2 bridgehead atoms. The Labute approximate surface area is 203 Å². The van der Waals surface area contributed by atoms with Gasteiger partial charge in [0.1, 0.15) is 11.6 Å². The van der Waals surface area contributed by atoms with Crippen LogP contribution in [0.3, 0.4) is 0 Å². The van der Waals surface area contributed by atoms with E-state index in [9.17, 15) is 22.4 Å². The first-order valence-electron chi connectivity index (χ1n) is 11.1. The lowest BCUT2D eigenvalue weighted by molar-refractivity contribution is -0.137. The van der Waals surface area contributed by atoms with Gasteiger partial charge in [-0.25, -0.2) is 19.3 Å². The molecule has 3 atom stereocenters. The molecule has 1 N–H and O–H groups in total. The first kappa shape index (κ1) is 23.5. The third-order valence-electron chi connectivity index (χ3n) is 6.56. The lowest BCUT2D eigenvalue weighted by Gasteiger charge is -2.50. The average Bonchev–Trinajstić information content (AvgIpc) is 2.85. The number of aromatic nitrogens is 3. The molecule has 11 heteroatoms. The van der Waals surface area contributed by atoms with Crippen molar-refractivity contribution in [3.63, 3.8) is 0 Å². The van der Waals surface area contributed by atoms with Gasteiger partial charge < -0.3 is 10.2 Å². The van der Waals surface area contributed by atoms with Crippen LogP contribution in [0.5, 0.6) is 0 Å². The molecule has 182 valence electrons.